The van der Waals surface area contributed by atoms with Gasteiger partial charge >= 0.3 is 0 Å². The zero-order valence-corrected chi connectivity index (χ0v) is 22.4. The Kier molecular flexibility index (Phi) is 6.12. The zero-order valence-electron chi connectivity index (χ0n) is 21.6. The van der Waals surface area contributed by atoms with E-state index < -0.39 is 15.4 Å². The van der Waals surface area contributed by atoms with Gasteiger partial charge in [-0.25, -0.2) is 8.42 Å². The molecule has 0 saturated heterocycles. The quantitative estimate of drug-likeness (QED) is 0.467. The van der Waals surface area contributed by atoms with Crippen LogP contribution in [0.5, 0.6) is 0 Å². The number of hydrogen-bond donors (Lipinski definition) is 1. The molecule has 4 heteroatoms. The molecule has 0 amide bonds. The summed E-state index contributed by atoms with van der Waals surface area (Å²) in [6, 6.07) is 9.00. The highest BCUT2D eigenvalue weighted by Gasteiger charge is 2.60. The Balaban J connectivity index is 1.36. The number of rotatable bonds is 5. The van der Waals surface area contributed by atoms with E-state index in [4.69, 9.17) is 0 Å². The van der Waals surface area contributed by atoms with Gasteiger partial charge in [-0.3, -0.25) is 0 Å². The van der Waals surface area contributed by atoms with Gasteiger partial charge in [-0.1, -0.05) is 57.5 Å². The van der Waals surface area contributed by atoms with E-state index in [1.807, 2.05) is 18.2 Å². The van der Waals surface area contributed by atoms with Crippen LogP contribution in [0, 0.1) is 40.4 Å². The Morgan fingerprint density at radius 1 is 1.03 bits per heavy atom. The molecule has 34 heavy (non-hydrogen) atoms. The van der Waals surface area contributed by atoms with Crippen molar-refractivity contribution in [2.75, 3.05) is 5.75 Å². The number of hydrogen-bond acceptors (Lipinski definition) is 3. The Bertz CT molecular complexity index is 1050. The Morgan fingerprint density at radius 2 is 1.76 bits per heavy atom. The fraction of sp³-hybridized carbons (Fsp3) is 0.733. The second kappa shape index (κ2) is 8.47. The van der Waals surface area contributed by atoms with Crippen LogP contribution >= 0.6 is 0 Å². The second-order valence-electron chi connectivity index (χ2n) is 12.8. The van der Waals surface area contributed by atoms with Crippen molar-refractivity contribution in [2.45, 2.75) is 96.0 Å². The molecular formula is C30H44O3S. The van der Waals surface area contributed by atoms with Crippen LogP contribution in [0.25, 0.3) is 0 Å². The summed E-state index contributed by atoms with van der Waals surface area (Å²) in [5.41, 5.74) is 1.52. The lowest BCUT2D eigenvalue weighted by Crippen LogP contribution is -2.52. The first-order valence-corrected chi connectivity index (χ1v) is 15.4. The smallest absolute Gasteiger partial charge is 0.178 e. The van der Waals surface area contributed by atoms with Crippen LogP contribution in [0.2, 0.25) is 0 Å². The first kappa shape index (κ1) is 24.6. The van der Waals surface area contributed by atoms with Crippen molar-refractivity contribution in [1.29, 1.82) is 0 Å². The molecule has 1 aromatic carbocycles. The molecule has 0 aromatic heterocycles. The summed E-state index contributed by atoms with van der Waals surface area (Å²) >= 11 is 0. The van der Waals surface area contributed by atoms with Gasteiger partial charge < -0.3 is 5.11 Å². The molecule has 1 unspecified atom stereocenters. The molecule has 0 radical (unpaired) electrons. The lowest BCUT2D eigenvalue weighted by atomic mass is 9.46. The van der Waals surface area contributed by atoms with Crippen molar-refractivity contribution in [3.8, 4) is 0 Å². The zero-order chi connectivity index (χ0) is 24.4. The molecule has 4 aliphatic carbocycles. The molecule has 0 bridgehead atoms. The minimum Gasteiger partial charge on any atom is -0.390 e. The predicted molar refractivity (Wildman–Crippen MR) is 138 cm³/mol. The summed E-state index contributed by atoms with van der Waals surface area (Å²) in [6.07, 6.45) is 12.3. The molecule has 3 saturated carbocycles. The van der Waals surface area contributed by atoms with Gasteiger partial charge in [0.1, 0.15) is 0 Å². The molecule has 4 aliphatic rings. The maximum Gasteiger partial charge on any atom is 0.178 e. The lowest BCUT2D eigenvalue weighted by molar-refractivity contribution is -0.0743. The summed E-state index contributed by atoms with van der Waals surface area (Å²) in [4.78, 5) is 0.465. The lowest BCUT2D eigenvalue weighted by Gasteiger charge is -2.59. The van der Waals surface area contributed by atoms with E-state index in [0.717, 1.165) is 32.1 Å². The van der Waals surface area contributed by atoms with Crippen LogP contribution in [-0.4, -0.2) is 24.9 Å². The summed E-state index contributed by atoms with van der Waals surface area (Å²) in [7, 11) is -3.26. The van der Waals surface area contributed by atoms with Gasteiger partial charge in [-0.15, -0.1) is 0 Å². The van der Waals surface area contributed by atoms with Crippen molar-refractivity contribution < 1.29 is 13.5 Å². The molecule has 0 heterocycles. The number of fused-ring (bicyclic) bond motifs is 5. The van der Waals surface area contributed by atoms with Crippen molar-refractivity contribution in [2.24, 2.45) is 40.4 Å². The van der Waals surface area contributed by atoms with Crippen LogP contribution < -0.4 is 0 Å². The van der Waals surface area contributed by atoms with Crippen LogP contribution in [0.3, 0.4) is 0 Å². The van der Waals surface area contributed by atoms with Gasteiger partial charge in [-0.05, 0) is 110 Å². The standard InChI is InChI=1S/C30H44O3S/c1-5-30(31)18-17-28(3)22(19-30)11-12-24-26-14-13-25(29(26,4)16-15-27(24)28)21(2)20-34(32,33)23-9-7-6-8-10-23/h6-11,21,24-27,31H,5,12-20H2,1-4H3/t21-,24+,25-,26+,27?,28+,29-,30+/m1/s1. The Morgan fingerprint density at radius 3 is 2.47 bits per heavy atom. The van der Waals surface area contributed by atoms with Gasteiger partial charge in [0, 0.05) is 0 Å². The summed E-state index contributed by atoms with van der Waals surface area (Å²) in [6.45, 7) is 9.31. The summed E-state index contributed by atoms with van der Waals surface area (Å²) < 4.78 is 26.3. The molecule has 0 aliphatic heterocycles. The van der Waals surface area contributed by atoms with E-state index in [9.17, 15) is 13.5 Å². The van der Waals surface area contributed by atoms with Gasteiger partial charge in [0.05, 0.1) is 16.2 Å². The highest BCUT2D eigenvalue weighted by atomic mass is 32.2. The molecule has 3 fully saturated rings. The minimum absolute atomic E-state index is 0.177. The van der Waals surface area contributed by atoms with Crippen molar-refractivity contribution in [3.05, 3.63) is 42.0 Å². The molecule has 188 valence electrons. The number of sulfone groups is 1. The molecular weight excluding hydrogens is 440 g/mol. The number of benzene rings is 1. The molecule has 5 rings (SSSR count). The monoisotopic (exact) mass is 484 g/mol. The molecule has 8 atom stereocenters. The van der Waals surface area contributed by atoms with E-state index in [-0.39, 0.29) is 22.5 Å². The molecule has 3 nitrogen and oxygen atoms in total. The summed E-state index contributed by atoms with van der Waals surface area (Å²) in [5, 5.41) is 11.0. The van der Waals surface area contributed by atoms with E-state index in [1.54, 1.807) is 12.1 Å². The topological polar surface area (TPSA) is 54.4 Å². The van der Waals surface area contributed by atoms with Crippen LogP contribution in [0.4, 0.5) is 0 Å². The number of allylic oxidation sites excluding steroid dienone is 1. The van der Waals surface area contributed by atoms with Crippen molar-refractivity contribution in [3.63, 3.8) is 0 Å². The van der Waals surface area contributed by atoms with Gasteiger partial charge in [0.2, 0.25) is 0 Å². The first-order valence-electron chi connectivity index (χ1n) is 13.7. The normalized spacial score (nSPS) is 42.8. The average molecular weight is 485 g/mol. The van der Waals surface area contributed by atoms with Crippen LogP contribution in [0.1, 0.15) is 85.5 Å². The summed E-state index contributed by atoms with van der Waals surface area (Å²) in [5.74, 6) is 3.04. The van der Waals surface area contributed by atoms with Crippen molar-refractivity contribution >= 4 is 9.84 Å². The maximum absolute atomic E-state index is 13.1. The van der Waals surface area contributed by atoms with E-state index in [2.05, 4.69) is 33.8 Å². The largest absolute Gasteiger partial charge is 0.390 e. The SMILES string of the molecule is CC[C@]1(O)CC[C@@]2(C)C(=CC[C@@H]3C2CC[C@]2(C)[C@@H]([C@H](C)CS(=O)(=O)c4ccccc4)CC[C@@H]32)C1. The van der Waals surface area contributed by atoms with Crippen LogP contribution in [0.15, 0.2) is 46.9 Å². The fourth-order valence-corrected chi connectivity index (χ4v) is 10.9. The Hall–Kier alpha value is -1.13. The van der Waals surface area contributed by atoms with E-state index in [0.29, 0.717) is 28.6 Å². The highest BCUT2D eigenvalue weighted by Crippen LogP contribution is 2.67. The maximum atomic E-state index is 13.1. The molecule has 1 N–H and O–H groups in total. The predicted octanol–water partition coefficient (Wildman–Crippen LogP) is 6.82. The molecule has 1 aromatic rings. The average Bonchev–Trinajstić information content (AvgIpc) is 3.17. The van der Waals surface area contributed by atoms with Gasteiger partial charge in [0.25, 0.3) is 0 Å². The third-order valence-corrected chi connectivity index (χ3v) is 13.2. The fourth-order valence-electron chi connectivity index (χ4n) is 9.18. The number of aliphatic hydroxyl groups is 1. The minimum atomic E-state index is -3.26. The van der Waals surface area contributed by atoms with Crippen molar-refractivity contribution in [1.82, 2.24) is 0 Å². The Labute approximate surface area is 207 Å². The second-order valence-corrected chi connectivity index (χ2v) is 14.8. The van der Waals surface area contributed by atoms with Gasteiger partial charge in [-0.2, -0.15) is 0 Å². The van der Waals surface area contributed by atoms with Gasteiger partial charge in [0.15, 0.2) is 9.84 Å². The van der Waals surface area contributed by atoms with E-state index >= 15 is 0 Å². The third kappa shape index (κ3) is 3.82. The highest BCUT2D eigenvalue weighted by molar-refractivity contribution is 7.91. The molecule has 0 spiro atoms. The van der Waals surface area contributed by atoms with E-state index in [1.165, 1.54) is 31.3 Å². The first-order chi connectivity index (χ1) is 16.0. The third-order valence-electron chi connectivity index (χ3n) is 11.3. The van der Waals surface area contributed by atoms with Crippen LogP contribution in [-0.2, 0) is 9.84 Å².